The number of allylic oxidation sites excluding steroid dienone is 1. The summed E-state index contributed by atoms with van der Waals surface area (Å²) in [5.41, 5.74) is 0.722. The van der Waals surface area contributed by atoms with Gasteiger partial charge in [0.25, 0.3) is 0 Å². The average molecular weight is 300 g/mol. The van der Waals surface area contributed by atoms with E-state index < -0.39 is 5.78 Å². The van der Waals surface area contributed by atoms with Gasteiger partial charge in [0.05, 0.1) is 19.8 Å². The highest BCUT2D eigenvalue weighted by Gasteiger charge is 2.10. The fourth-order valence-corrected chi connectivity index (χ4v) is 1.93. The maximum Gasteiger partial charge on any atom is 0.189 e. The van der Waals surface area contributed by atoms with Crippen molar-refractivity contribution in [1.29, 1.82) is 0 Å². The third-order valence-corrected chi connectivity index (χ3v) is 3.10. The molecule has 5 nitrogen and oxygen atoms in total. The summed E-state index contributed by atoms with van der Waals surface area (Å²) in [7, 11) is 3.08. The number of ether oxygens (including phenoxy) is 2. The molecule has 0 saturated heterocycles. The van der Waals surface area contributed by atoms with E-state index in [1.807, 2.05) is 0 Å². The largest absolute Gasteiger partial charge is 0.508 e. The van der Waals surface area contributed by atoms with E-state index in [0.29, 0.717) is 17.1 Å². The molecule has 2 N–H and O–H groups in total. The number of aromatic hydroxyl groups is 2. The topological polar surface area (TPSA) is 76.0 Å². The van der Waals surface area contributed by atoms with Crippen LogP contribution in [0.25, 0.3) is 6.08 Å². The molecule has 2 rings (SSSR count). The maximum atomic E-state index is 12.1. The van der Waals surface area contributed by atoms with Gasteiger partial charge in [0.1, 0.15) is 23.0 Å². The fraction of sp³-hybridized carbons (Fsp3) is 0.118. The smallest absolute Gasteiger partial charge is 0.189 e. The monoisotopic (exact) mass is 300 g/mol. The van der Waals surface area contributed by atoms with Gasteiger partial charge in [0.2, 0.25) is 0 Å². The highest BCUT2D eigenvalue weighted by molar-refractivity contribution is 6.08. The molecule has 0 heterocycles. The minimum Gasteiger partial charge on any atom is -0.508 e. The predicted molar refractivity (Wildman–Crippen MR) is 82.7 cm³/mol. The SMILES string of the molecule is COc1ccc(/C=C/C(=O)c2cc(O)ccc2O)c(OC)c1. The predicted octanol–water partition coefficient (Wildman–Crippen LogP) is 3.01. The highest BCUT2D eigenvalue weighted by Crippen LogP contribution is 2.27. The van der Waals surface area contributed by atoms with Crippen LogP contribution in [0.5, 0.6) is 23.0 Å². The summed E-state index contributed by atoms with van der Waals surface area (Å²) in [6.45, 7) is 0. The Hall–Kier alpha value is -2.95. The minimum absolute atomic E-state index is 0.0312. The van der Waals surface area contributed by atoms with Crippen molar-refractivity contribution in [2.75, 3.05) is 14.2 Å². The number of rotatable bonds is 5. The lowest BCUT2D eigenvalue weighted by Gasteiger charge is -2.07. The van der Waals surface area contributed by atoms with Crippen molar-refractivity contribution >= 4 is 11.9 Å². The number of methoxy groups -OCH3 is 2. The molecule has 0 spiro atoms. The molecule has 0 radical (unpaired) electrons. The molecule has 2 aromatic rings. The van der Waals surface area contributed by atoms with Crippen molar-refractivity contribution in [2.45, 2.75) is 0 Å². The standard InChI is InChI=1S/C17H16O5/c1-21-13-6-3-11(17(10-13)22-2)4-7-15(19)14-9-12(18)5-8-16(14)20/h3-10,18,20H,1-2H3/b7-4+. The molecule has 0 unspecified atom stereocenters. The molecule has 2 aromatic carbocycles. The normalized spacial score (nSPS) is 10.6. The number of phenolic OH excluding ortho intramolecular Hbond substituents is 2. The van der Waals surface area contributed by atoms with Crippen LogP contribution in [0.3, 0.4) is 0 Å². The molecule has 0 atom stereocenters. The van der Waals surface area contributed by atoms with Gasteiger partial charge >= 0.3 is 0 Å². The van der Waals surface area contributed by atoms with Crippen LogP contribution in [0.4, 0.5) is 0 Å². The third-order valence-electron chi connectivity index (χ3n) is 3.10. The van der Waals surface area contributed by atoms with Gasteiger partial charge in [-0.05, 0) is 42.5 Å². The maximum absolute atomic E-state index is 12.1. The van der Waals surface area contributed by atoms with Gasteiger partial charge in [0, 0.05) is 11.6 Å². The number of hydrogen-bond acceptors (Lipinski definition) is 5. The van der Waals surface area contributed by atoms with Crippen LogP contribution in [0.2, 0.25) is 0 Å². The van der Waals surface area contributed by atoms with Crippen molar-refractivity contribution in [3.05, 3.63) is 53.6 Å². The second kappa shape index (κ2) is 6.67. The molecule has 0 amide bonds. The number of carbonyl (C=O) groups is 1. The van der Waals surface area contributed by atoms with Gasteiger partial charge in [-0.25, -0.2) is 0 Å². The van der Waals surface area contributed by atoms with Crippen LogP contribution in [0, 0.1) is 0 Å². The molecule has 0 fully saturated rings. The molecule has 114 valence electrons. The van der Waals surface area contributed by atoms with Crippen LogP contribution >= 0.6 is 0 Å². The summed E-state index contributed by atoms with van der Waals surface area (Å²) < 4.78 is 10.3. The molecular formula is C17H16O5. The van der Waals surface area contributed by atoms with Crippen LogP contribution in [0.1, 0.15) is 15.9 Å². The number of ketones is 1. The second-order valence-corrected chi connectivity index (χ2v) is 4.51. The molecule has 0 aromatic heterocycles. The summed E-state index contributed by atoms with van der Waals surface area (Å²) in [6.07, 6.45) is 2.88. The number of phenols is 2. The summed E-state index contributed by atoms with van der Waals surface area (Å²) >= 11 is 0. The Morgan fingerprint density at radius 1 is 1.05 bits per heavy atom. The number of benzene rings is 2. The minimum atomic E-state index is -0.425. The van der Waals surface area contributed by atoms with Crippen molar-refractivity contribution in [1.82, 2.24) is 0 Å². The highest BCUT2D eigenvalue weighted by atomic mass is 16.5. The van der Waals surface area contributed by atoms with Gasteiger partial charge in [-0.3, -0.25) is 4.79 Å². The number of hydrogen-bond donors (Lipinski definition) is 2. The van der Waals surface area contributed by atoms with Gasteiger partial charge in [0.15, 0.2) is 5.78 Å². The summed E-state index contributed by atoms with van der Waals surface area (Å²) in [5.74, 6) is 0.506. The Morgan fingerprint density at radius 3 is 2.50 bits per heavy atom. The van der Waals surface area contributed by atoms with Gasteiger partial charge in [-0.2, -0.15) is 0 Å². The molecule has 0 aliphatic rings. The Bertz CT molecular complexity index is 719. The van der Waals surface area contributed by atoms with E-state index in [1.165, 1.54) is 31.4 Å². The first-order chi connectivity index (χ1) is 10.5. The Labute approximate surface area is 128 Å². The van der Waals surface area contributed by atoms with Crippen molar-refractivity contribution in [2.24, 2.45) is 0 Å². The second-order valence-electron chi connectivity index (χ2n) is 4.51. The van der Waals surface area contributed by atoms with E-state index in [0.717, 1.165) is 0 Å². The fourth-order valence-electron chi connectivity index (χ4n) is 1.93. The Morgan fingerprint density at radius 2 is 1.82 bits per heavy atom. The molecule has 0 bridgehead atoms. The van der Waals surface area contributed by atoms with Crippen molar-refractivity contribution in [3.63, 3.8) is 0 Å². The van der Waals surface area contributed by atoms with E-state index in [2.05, 4.69) is 0 Å². The van der Waals surface area contributed by atoms with Crippen LogP contribution < -0.4 is 9.47 Å². The first-order valence-electron chi connectivity index (χ1n) is 6.51. The van der Waals surface area contributed by atoms with Gasteiger partial charge < -0.3 is 19.7 Å². The van der Waals surface area contributed by atoms with Crippen LogP contribution in [0.15, 0.2) is 42.5 Å². The van der Waals surface area contributed by atoms with Gasteiger partial charge in [-0.1, -0.05) is 0 Å². The molecule has 0 aliphatic heterocycles. The lowest BCUT2D eigenvalue weighted by atomic mass is 10.1. The third kappa shape index (κ3) is 3.38. The van der Waals surface area contributed by atoms with Crippen molar-refractivity contribution in [3.8, 4) is 23.0 Å². The van der Waals surface area contributed by atoms with Gasteiger partial charge in [-0.15, -0.1) is 0 Å². The summed E-state index contributed by atoms with van der Waals surface area (Å²) in [6, 6.07) is 9.00. The van der Waals surface area contributed by atoms with E-state index in [-0.39, 0.29) is 17.1 Å². The molecular weight excluding hydrogens is 284 g/mol. The first-order valence-corrected chi connectivity index (χ1v) is 6.51. The number of carbonyl (C=O) groups excluding carboxylic acids is 1. The first kappa shape index (κ1) is 15.4. The molecule has 5 heteroatoms. The molecule has 0 aliphatic carbocycles. The van der Waals surface area contributed by atoms with E-state index in [1.54, 1.807) is 31.4 Å². The Balaban J connectivity index is 2.28. The average Bonchev–Trinajstić information content (AvgIpc) is 2.54. The lowest BCUT2D eigenvalue weighted by molar-refractivity contribution is 0.104. The Kier molecular flexibility index (Phi) is 4.68. The van der Waals surface area contributed by atoms with E-state index in [4.69, 9.17) is 9.47 Å². The van der Waals surface area contributed by atoms with E-state index >= 15 is 0 Å². The zero-order chi connectivity index (χ0) is 16.1. The quantitative estimate of drug-likeness (QED) is 0.504. The summed E-state index contributed by atoms with van der Waals surface area (Å²) in [4.78, 5) is 12.1. The summed E-state index contributed by atoms with van der Waals surface area (Å²) in [5, 5.41) is 19.1. The lowest BCUT2D eigenvalue weighted by Crippen LogP contribution is -1.95. The zero-order valence-electron chi connectivity index (χ0n) is 12.2. The van der Waals surface area contributed by atoms with Crippen LogP contribution in [-0.2, 0) is 0 Å². The van der Waals surface area contributed by atoms with Crippen LogP contribution in [-0.4, -0.2) is 30.2 Å². The molecule has 22 heavy (non-hydrogen) atoms. The molecule has 0 saturated carbocycles. The van der Waals surface area contributed by atoms with Crippen molar-refractivity contribution < 1.29 is 24.5 Å². The zero-order valence-corrected chi connectivity index (χ0v) is 12.2. The van der Waals surface area contributed by atoms with E-state index in [9.17, 15) is 15.0 Å².